The third kappa shape index (κ3) is 5.89. The SMILES string of the molecule is c1ccc(-c2nc(-n3c4ccccc4c4cc5c6cc(-c7ccc8c(c7)c7cc9c%10ccccc%10n%10c%11cc%12ccccc%12cc%11c(c7n8-c7cnc8c(n7)-c7cccc%11cccc-8c7%11)c9%10)ccc6n6c7cc8ccccc8cc7c(c43)c56)c3ccccc3n2)cc1. The largest absolute Gasteiger partial charge is 0.308 e. The van der Waals surface area contributed by atoms with Crippen molar-refractivity contribution >= 4 is 163 Å². The van der Waals surface area contributed by atoms with Crippen LogP contribution in [0.3, 0.4) is 0 Å². The van der Waals surface area contributed by atoms with E-state index in [2.05, 4.69) is 273 Å². The highest BCUT2D eigenvalue weighted by molar-refractivity contribution is 6.37. The van der Waals surface area contributed by atoms with Crippen LogP contribution in [-0.2, 0) is 0 Å². The van der Waals surface area contributed by atoms with E-state index in [0.29, 0.717) is 5.82 Å². The minimum Gasteiger partial charge on any atom is -0.308 e. The van der Waals surface area contributed by atoms with Crippen molar-refractivity contribution < 1.29 is 0 Å². The molecule has 0 bridgehead atoms. The highest BCUT2D eigenvalue weighted by atomic mass is 15.1. The second-order valence-corrected chi connectivity index (χ2v) is 25.2. The van der Waals surface area contributed by atoms with Crippen LogP contribution in [0.4, 0.5) is 0 Å². The molecule has 0 saturated heterocycles. The first-order valence-corrected chi connectivity index (χ1v) is 31.5. The molecule has 0 spiro atoms. The Morgan fingerprint density at radius 2 is 0.761 bits per heavy atom. The van der Waals surface area contributed by atoms with Gasteiger partial charge in [-0.15, -0.1) is 0 Å². The fourth-order valence-electron chi connectivity index (χ4n) is 16.9. The van der Waals surface area contributed by atoms with Gasteiger partial charge >= 0.3 is 0 Å². The Balaban J connectivity index is 0.815. The van der Waals surface area contributed by atoms with E-state index in [4.69, 9.17) is 19.9 Å². The molecule has 23 rings (SSSR count). The molecule has 1 aliphatic rings. The summed E-state index contributed by atoms with van der Waals surface area (Å²) in [6.45, 7) is 0. The van der Waals surface area contributed by atoms with Crippen molar-refractivity contribution in [3.05, 3.63) is 267 Å². The molecule has 92 heavy (non-hydrogen) atoms. The summed E-state index contributed by atoms with van der Waals surface area (Å²) in [5.41, 5.74) is 19.8. The maximum atomic E-state index is 5.72. The van der Waals surface area contributed by atoms with Gasteiger partial charge in [-0.1, -0.05) is 176 Å². The lowest BCUT2D eigenvalue weighted by Gasteiger charge is -2.13. The monoisotopic (exact) mass is 1160 g/mol. The summed E-state index contributed by atoms with van der Waals surface area (Å²) in [7, 11) is 0. The molecule has 8 nitrogen and oxygen atoms in total. The van der Waals surface area contributed by atoms with Gasteiger partial charge in [0.25, 0.3) is 0 Å². The summed E-state index contributed by atoms with van der Waals surface area (Å²) < 4.78 is 9.91. The van der Waals surface area contributed by atoms with E-state index in [9.17, 15) is 0 Å². The summed E-state index contributed by atoms with van der Waals surface area (Å²) in [6, 6.07) is 96.1. The first kappa shape index (κ1) is 47.5. The lowest BCUT2D eigenvalue weighted by atomic mass is 9.98. The lowest BCUT2D eigenvalue weighted by Crippen LogP contribution is -2.02. The third-order valence-corrected chi connectivity index (χ3v) is 20.7. The molecule has 0 saturated carbocycles. The van der Waals surface area contributed by atoms with Crippen LogP contribution >= 0.6 is 0 Å². The van der Waals surface area contributed by atoms with E-state index < -0.39 is 0 Å². The zero-order valence-corrected chi connectivity index (χ0v) is 49.0. The summed E-state index contributed by atoms with van der Waals surface area (Å²) >= 11 is 0. The Labute approximate surface area is 521 Å². The highest BCUT2D eigenvalue weighted by Gasteiger charge is 2.31. The van der Waals surface area contributed by atoms with Crippen LogP contribution < -0.4 is 0 Å². The Morgan fingerprint density at radius 1 is 0.261 bits per heavy atom. The van der Waals surface area contributed by atoms with Gasteiger partial charge in [0.05, 0.1) is 78.3 Å². The van der Waals surface area contributed by atoms with Gasteiger partial charge in [0, 0.05) is 92.1 Å². The number of hydrogen-bond donors (Lipinski definition) is 0. The summed E-state index contributed by atoms with van der Waals surface area (Å²) in [5.74, 6) is 2.34. The van der Waals surface area contributed by atoms with Crippen LogP contribution in [0, 0.1) is 0 Å². The maximum Gasteiger partial charge on any atom is 0.162 e. The number of aromatic nitrogens is 8. The minimum absolute atomic E-state index is 0.693. The highest BCUT2D eigenvalue weighted by Crippen LogP contribution is 2.52. The smallest absolute Gasteiger partial charge is 0.162 e. The molecule has 8 aromatic heterocycles. The van der Waals surface area contributed by atoms with Crippen LogP contribution in [0.25, 0.3) is 220 Å². The predicted octanol–water partition coefficient (Wildman–Crippen LogP) is 21.4. The van der Waals surface area contributed by atoms with Crippen molar-refractivity contribution in [2.75, 3.05) is 0 Å². The van der Waals surface area contributed by atoms with Gasteiger partial charge in [-0.05, 0) is 123 Å². The molecular weight excluding hydrogens is 1120 g/mol. The van der Waals surface area contributed by atoms with Gasteiger partial charge in [-0.3, -0.25) is 14.1 Å². The fraction of sp³-hybridized carbons (Fsp3) is 0. The number of nitrogens with zero attached hydrogens (tertiary/aromatic N) is 8. The molecule has 0 radical (unpaired) electrons. The van der Waals surface area contributed by atoms with E-state index in [-0.39, 0.29) is 0 Å². The third-order valence-electron chi connectivity index (χ3n) is 20.7. The molecule has 1 aliphatic carbocycles. The Morgan fingerprint density at radius 3 is 1.46 bits per heavy atom. The van der Waals surface area contributed by atoms with E-state index in [1.165, 1.54) is 125 Å². The number of rotatable bonds is 4. The standard InChI is InChI=1S/C84H44N8/c1-2-16-46(17-3-1)83-86-66-29-11-8-26-55(66)84(88-83)92-68-31-13-10-25-54(68)61-43-62-58-36-51(32-34-69(58)90-72-41-50-21-7-5-19-48(50)39-65(72)76(80(62)90)82(61)92)52-33-35-70-59(37-52)63-42-60-53-24-9-12-30-67(53)89-71-40-49-20-6-4-18-47(49)38-64(71)75(79(60)89)81(63)91(70)73-44-85-77-56-27-14-22-45-23-15-28-57(74(45)56)78(77)87-73/h1-44H. The minimum atomic E-state index is 0.693. The first-order valence-electron chi connectivity index (χ1n) is 31.5. The average molecular weight is 1170 g/mol. The summed E-state index contributed by atoms with van der Waals surface area (Å²) in [4.78, 5) is 21.8. The molecule has 8 heteroatoms. The first-order chi connectivity index (χ1) is 45.6. The van der Waals surface area contributed by atoms with Crippen LogP contribution in [-0.4, -0.2) is 37.9 Å². The van der Waals surface area contributed by atoms with Crippen molar-refractivity contribution in [2.45, 2.75) is 0 Å². The van der Waals surface area contributed by atoms with Gasteiger partial charge in [-0.2, -0.15) is 0 Å². The van der Waals surface area contributed by atoms with Crippen LogP contribution in [0.1, 0.15) is 0 Å². The number of fused-ring (bicyclic) bond motifs is 26. The van der Waals surface area contributed by atoms with Gasteiger partial charge in [0.15, 0.2) is 11.6 Å². The van der Waals surface area contributed by atoms with Crippen LogP contribution in [0.2, 0.25) is 0 Å². The topological polar surface area (TPSA) is 70.2 Å². The normalized spacial score (nSPS) is 12.8. The van der Waals surface area contributed by atoms with E-state index in [1.807, 2.05) is 12.3 Å². The zero-order chi connectivity index (χ0) is 59.3. The van der Waals surface area contributed by atoms with Crippen LogP contribution in [0.5, 0.6) is 0 Å². The molecule has 0 fully saturated rings. The molecular formula is C84H44N8. The second-order valence-electron chi connectivity index (χ2n) is 25.2. The Bertz CT molecular complexity index is 7120. The zero-order valence-electron chi connectivity index (χ0n) is 49.0. The number of benzene rings is 14. The molecule has 0 N–H and O–H groups in total. The quantitative estimate of drug-likeness (QED) is 0.176. The fourth-order valence-corrected chi connectivity index (χ4v) is 16.9. The van der Waals surface area contributed by atoms with Gasteiger partial charge in [0.2, 0.25) is 0 Å². The molecule has 0 atom stereocenters. The Kier molecular flexibility index (Phi) is 8.68. The van der Waals surface area contributed by atoms with Crippen molar-refractivity contribution in [1.29, 1.82) is 0 Å². The molecule has 14 aromatic carbocycles. The van der Waals surface area contributed by atoms with Crippen molar-refractivity contribution in [3.8, 4) is 56.7 Å². The van der Waals surface area contributed by atoms with E-state index in [1.54, 1.807) is 0 Å². The number of hydrogen-bond acceptors (Lipinski definition) is 4. The van der Waals surface area contributed by atoms with Crippen molar-refractivity contribution in [1.82, 2.24) is 37.9 Å². The predicted molar refractivity (Wildman–Crippen MR) is 381 cm³/mol. The van der Waals surface area contributed by atoms with Crippen molar-refractivity contribution in [3.63, 3.8) is 0 Å². The maximum absolute atomic E-state index is 5.72. The molecule has 8 heterocycles. The molecule has 22 aromatic rings. The van der Waals surface area contributed by atoms with Crippen LogP contribution in [0.15, 0.2) is 267 Å². The average Bonchev–Trinajstić information content (AvgIpc) is 1.52. The molecule has 0 amide bonds. The summed E-state index contributed by atoms with van der Waals surface area (Å²) in [6.07, 6.45) is 2.01. The van der Waals surface area contributed by atoms with Crippen molar-refractivity contribution in [2.24, 2.45) is 0 Å². The van der Waals surface area contributed by atoms with Gasteiger partial charge in [0.1, 0.15) is 5.82 Å². The van der Waals surface area contributed by atoms with Gasteiger partial charge in [-0.25, -0.2) is 15.0 Å². The second kappa shape index (κ2) is 16.8. The Hall–Kier alpha value is -12.5. The summed E-state index contributed by atoms with van der Waals surface area (Å²) in [5, 5.41) is 22.6. The molecule has 0 aliphatic heterocycles. The molecule has 420 valence electrons. The van der Waals surface area contributed by atoms with Gasteiger partial charge < -0.3 is 8.80 Å². The number of para-hydroxylation sites is 3. The lowest BCUT2D eigenvalue weighted by molar-refractivity contribution is 1.06. The molecule has 0 unspecified atom stereocenters. The van der Waals surface area contributed by atoms with E-state index in [0.717, 1.165) is 89.2 Å². The van der Waals surface area contributed by atoms with E-state index >= 15 is 0 Å².